The predicted octanol–water partition coefficient (Wildman–Crippen LogP) is 3.11. The van der Waals surface area contributed by atoms with Crippen LogP contribution in [0.1, 0.15) is 16.2 Å². The van der Waals surface area contributed by atoms with Crippen molar-refractivity contribution in [2.45, 2.75) is 19.5 Å². The highest BCUT2D eigenvalue weighted by atomic mass is 35.5. The molecule has 2 rings (SSSR count). The van der Waals surface area contributed by atoms with Gasteiger partial charge in [-0.05, 0) is 22.9 Å². The van der Waals surface area contributed by atoms with Crippen LogP contribution in [-0.4, -0.2) is 17.4 Å². The number of carbonyl (C=O) groups is 1. The number of nitrogens with zero attached hydrogens (tertiary/aromatic N) is 1. The van der Waals surface area contributed by atoms with Gasteiger partial charge in [0.05, 0.1) is 13.1 Å². The molecule has 2 heterocycles. The van der Waals surface area contributed by atoms with Gasteiger partial charge in [-0.1, -0.05) is 12.1 Å². The molecule has 0 aromatic carbocycles. The Kier molecular flexibility index (Phi) is 7.09. The van der Waals surface area contributed by atoms with Gasteiger partial charge in [0.1, 0.15) is 0 Å². The van der Waals surface area contributed by atoms with Crippen molar-refractivity contribution < 1.29 is 4.79 Å². The lowest BCUT2D eigenvalue weighted by atomic mass is 10.3. The highest BCUT2D eigenvalue weighted by molar-refractivity contribution is 7.10. The van der Waals surface area contributed by atoms with E-state index in [1.807, 2.05) is 27.8 Å². The van der Waals surface area contributed by atoms with Crippen LogP contribution in [0.15, 0.2) is 35.0 Å². The fraction of sp³-hybridized carbons (Fsp3) is 0.308. The second-order valence-electron chi connectivity index (χ2n) is 3.95. The molecule has 0 aliphatic heterocycles. The number of rotatable bonds is 6. The summed E-state index contributed by atoms with van der Waals surface area (Å²) in [5, 5.41) is 4.07. The molecule has 0 bridgehead atoms. The molecule has 0 fully saturated rings. The average Bonchev–Trinajstić information content (AvgIpc) is 3.01. The van der Waals surface area contributed by atoms with Crippen molar-refractivity contribution >= 4 is 41.0 Å². The van der Waals surface area contributed by atoms with Crippen LogP contribution in [0.5, 0.6) is 0 Å². The Labute approximate surface area is 127 Å². The molecule has 3 nitrogen and oxygen atoms in total. The van der Waals surface area contributed by atoms with Crippen molar-refractivity contribution in [2.75, 3.05) is 6.54 Å². The van der Waals surface area contributed by atoms with Gasteiger partial charge >= 0.3 is 0 Å². The summed E-state index contributed by atoms with van der Waals surface area (Å²) < 4.78 is 0. The number of nitrogens with two attached hydrogens (primary N) is 1. The van der Waals surface area contributed by atoms with E-state index in [4.69, 9.17) is 5.73 Å². The molecule has 6 heteroatoms. The Hall–Kier alpha value is -0.880. The van der Waals surface area contributed by atoms with Crippen molar-refractivity contribution in [2.24, 2.45) is 5.73 Å². The van der Waals surface area contributed by atoms with Gasteiger partial charge < -0.3 is 10.6 Å². The zero-order chi connectivity index (χ0) is 12.8. The van der Waals surface area contributed by atoms with Crippen LogP contribution in [0.2, 0.25) is 0 Å². The summed E-state index contributed by atoms with van der Waals surface area (Å²) in [6.07, 6.45) is 0.413. The van der Waals surface area contributed by atoms with Gasteiger partial charge in [0.15, 0.2) is 0 Å². The van der Waals surface area contributed by atoms with Crippen LogP contribution in [-0.2, 0) is 17.9 Å². The number of thiophene rings is 2. The molecule has 2 aromatic heterocycles. The molecule has 0 unspecified atom stereocenters. The zero-order valence-electron chi connectivity index (χ0n) is 10.5. The first-order chi connectivity index (χ1) is 8.79. The number of hydrogen-bond acceptors (Lipinski definition) is 4. The molecule has 0 saturated carbocycles. The molecule has 0 aliphatic rings. The normalized spacial score (nSPS) is 9.95. The second kappa shape index (κ2) is 8.32. The van der Waals surface area contributed by atoms with Gasteiger partial charge in [-0.3, -0.25) is 4.79 Å². The van der Waals surface area contributed by atoms with Crippen molar-refractivity contribution in [3.8, 4) is 0 Å². The third-order valence-electron chi connectivity index (χ3n) is 2.56. The van der Waals surface area contributed by atoms with E-state index >= 15 is 0 Å². The maximum atomic E-state index is 12.1. The second-order valence-corrected chi connectivity index (χ2v) is 6.01. The molecular weight excluding hydrogens is 300 g/mol. The lowest BCUT2D eigenvalue weighted by Crippen LogP contribution is -2.30. The minimum Gasteiger partial charge on any atom is -0.332 e. The summed E-state index contributed by atoms with van der Waals surface area (Å²) >= 11 is 3.36. The topological polar surface area (TPSA) is 46.3 Å². The largest absolute Gasteiger partial charge is 0.332 e. The van der Waals surface area contributed by atoms with Gasteiger partial charge in [-0.2, -0.15) is 0 Å². The lowest BCUT2D eigenvalue weighted by molar-refractivity contribution is -0.132. The fourth-order valence-electron chi connectivity index (χ4n) is 1.70. The SMILES string of the molecule is Cl.NCCC(=O)N(Cc1cccs1)Cc1cccs1. The van der Waals surface area contributed by atoms with Crippen molar-refractivity contribution in [1.29, 1.82) is 0 Å². The van der Waals surface area contributed by atoms with E-state index in [2.05, 4.69) is 12.1 Å². The molecule has 104 valence electrons. The molecule has 19 heavy (non-hydrogen) atoms. The summed E-state index contributed by atoms with van der Waals surface area (Å²) in [5.74, 6) is 0.124. The smallest absolute Gasteiger partial charge is 0.224 e. The third kappa shape index (κ3) is 4.95. The van der Waals surface area contributed by atoms with Crippen LogP contribution >= 0.6 is 35.1 Å². The Bertz CT molecular complexity index is 435. The molecule has 0 aliphatic carbocycles. The Morgan fingerprint density at radius 1 is 1.11 bits per heavy atom. The maximum absolute atomic E-state index is 12.1. The Morgan fingerprint density at radius 2 is 1.63 bits per heavy atom. The van der Waals surface area contributed by atoms with Gasteiger partial charge in [0.25, 0.3) is 0 Å². The average molecular weight is 317 g/mol. The number of amides is 1. The minimum atomic E-state index is 0. The Morgan fingerprint density at radius 3 is 2.00 bits per heavy atom. The first kappa shape index (κ1) is 16.2. The monoisotopic (exact) mass is 316 g/mol. The van der Waals surface area contributed by atoms with Crippen LogP contribution in [0.4, 0.5) is 0 Å². The van der Waals surface area contributed by atoms with Crippen LogP contribution in [0.3, 0.4) is 0 Å². The van der Waals surface area contributed by atoms with Crippen LogP contribution in [0, 0.1) is 0 Å². The summed E-state index contributed by atoms with van der Waals surface area (Å²) in [5.41, 5.74) is 5.47. The summed E-state index contributed by atoms with van der Waals surface area (Å²) in [4.78, 5) is 16.3. The molecule has 1 amide bonds. The molecule has 0 radical (unpaired) electrons. The van der Waals surface area contributed by atoms with Crippen molar-refractivity contribution in [1.82, 2.24) is 4.90 Å². The van der Waals surface area contributed by atoms with E-state index in [9.17, 15) is 4.79 Å². The summed E-state index contributed by atoms with van der Waals surface area (Å²) in [7, 11) is 0. The third-order valence-corrected chi connectivity index (χ3v) is 4.29. The van der Waals surface area contributed by atoms with E-state index in [1.165, 1.54) is 9.75 Å². The van der Waals surface area contributed by atoms with Gasteiger partial charge in [-0.15, -0.1) is 35.1 Å². The first-order valence-electron chi connectivity index (χ1n) is 5.82. The highest BCUT2D eigenvalue weighted by Crippen LogP contribution is 2.17. The van der Waals surface area contributed by atoms with E-state index < -0.39 is 0 Å². The minimum absolute atomic E-state index is 0. The zero-order valence-corrected chi connectivity index (χ0v) is 12.9. The van der Waals surface area contributed by atoms with Crippen LogP contribution in [0.25, 0.3) is 0 Å². The van der Waals surface area contributed by atoms with Gasteiger partial charge in [-0.25, -0.2) is 0 Å². The van der Waals surface area contributed by atoms with Crippen molar-refractivity contribution in [3.05, 3.63) is 44.8 Å². The van der Waals surface area contributed by atoms with Crippen LogP contribution < -0.4 is 5.73 Å². The number of halogens is 1. The van der Waals surface area contributed by atoms with E-state index in [0.29, 0.717) is 26.1 Å². The summed E-state index contributed by atoms with van der Waals surface area (Å²) in [6, 6.07) is 8.14. The predicted molar refractivity (Wildman–Crippen MR) is 83.8 cm³/mol. The quantitative estimate of drug-likeness (QED) is 0.890. The molecule has 2 N–H and O–H groups in total. The van der Waals surface area contributed by atoms with E-state index in [1.54, 1.807) is 22.7 Å². The Balaban J connectivity index is 0.00000180. The standard InChI is InChI=1S/C13H16N2OS2.ClH/c14-6-5-13(16)15(9-11-3-1-7-17-11)10-12-4-2-8-18-12;/h1-4,7-8H,5-6,9-10,14H2;1H. The maximum Gasteiger partial charge on any atom is 0.224 e. The lowest BCUT2D eigenvalue weighted by Gasteiger charge is -2.21. The molecule has 0 saturated heterocycles. The van der Waals surface area contributed by atoms with Gasteiger partial charge in [0, 0.05) is 22.7 Å². The molecule has 0 spiro atoms. The molecule has 2 aromatic rings. The van der Waals surface area contributed by atoms with E-state index in [-0.39, 0.29) is 18.3 Å². The first-order valence-corrected chi connectivity index (χ1v) is 7.58. The summed E-state index contributed by atoms with van der Waals surface area (Å²) in [6.45, 7) is 1.76. The number of carbonyl (C=O) groups excluding carboxylic acids is 1. The fourth-order valence-corrected chi connectivity index (χ4v) is 3.13. The molecular formula is C13H17ClN2OS2. The number of hydrogen-bond donors (Lipinski definition) is 1. The van der Waals surface area contributed by atoms with Crippen molar-refractivity contribution in [3.63, 3.8) is 0 Å². The van der Waals surface area contributed by atoms with E-state index in [0.717, 1.165) is 0 Å². The highest BCUT2D eigenvalue weighted by Gasteiger charge is 2.14. The van der Waals surface area contributed by atoms with Gasteiger partial charge in [0.2, 0.25) is 5.91 Å². The molecule has 0 atom stereocenters.